The average molecular weight is 346 g/mol. The number of hydrogen-bond acceptors (Lipinski definition) is 4. The van der Waals surface area contributed by atoms with Crippen LogP contribution in [0.5, 0.6) is 0 Å². The molecule has 2 amide bonds. The molecule has 24 heavy (non-hydrogen) atoms. The number of ether oxygens (including phenoxy) is 1. The van der Waals surface area contributed by atoms with Crippen molar-refractivity contribution in [1.29, 1.82) is 0 Å². The van der Waals surface area contributed by atoms with Crippen LogP contribution >= 0.6 is 11.6 Å². The molecule has 1 aliphatic heterocycles. The van der Waals surface area contributed by atoms with Crippen molar-refractivity contribution >= 4 is 23.4 Å². The second-order valence-corrected chi connectivity index (χ2v) is 5.89. The van der Waals surface area contributed by atoms with Crippen LogP contribution in [-0.4, -0.2) is 41.4 Å². The fraction of sp³-hybridized carbons (Fsp3) is 0.235. The second-order valence-electron chi connectivity index (χ2n) is 5.45. The smallest absolute Gasteiger partial charge is 0.254 e. The van der Waals surface area contributed by atoms with Gasteiger partial charge in [-0.1, -0.05) is 11.6 Å². The van der Waals surface area contributed by atoms with E-state index in [1.165, 1.54) is 6.20 Å². The van der Waals surface area contributed by atoms with Gasteiger partial charge in [0.15, 0.2) is 0 Å². The molecular weight excluding hydrogens is 330 g/mol. The highest BCUT2D eigenvalue weighted by Gasteiger charge is 2.27. The summed E-state index contributed by atoms with van der Waals surface area (Å²) in [5.74, 6) is -0.605. The minimum atomic E-state index is -0.529. The molecule has 2 aromatic rings. The number of morpholine rings is 1. The highest BCUT2D eigenvalue weighted by atomic mass is 35.5. The van der Waals surface area contributed by atoms with E-state index in [1.54, 1.807) is 41.3 Å². The number of amides is 2. The summed E-state index contributed by atoms with van der Waals surface area (Å²) in [4.78, 5) is 29.6. The molecule has 1 fully saturated rings. The lowest BCUT2D eigenvalue weighted by Gasteiger charge is -2.32. The molecule has 2 heterocycles. The highest BCUT2D eigenvalue weighted by molar-refractivity contribution is 6.30. The van der Waals surface area contributed by atoms with Gasteiger partial charge in [-0.05, 0) is 36.4 Å². The average Bonchev–Trinajstić information content (AvgIpc) is 2.62. The van der Waals surface area contributed by atoms with Gasteiger partial charge in [0.25, 0.3) is 5.91 Å². The van der Waals surface area contributed by atoms with E-state index in [0.29, 0.717) is 41.5 Å². The third kappa shape index (κ3) is 3.55. The Morgan fingerprint density at radius 2 is 1.88 bits per heavy atom. The Hall–Kier alpha value is -2.44. The van der Waals surface area contributed by atoms with E-state index in [-0.39, 0.29) is 12.0 Å². The lowest BCUT2D eigenvalue weighted by Crippen LogP contribution is -2.42. The number of aromatic nitrogens is 1. The lowest BCUT2D eigenvalue weighted by atomic mass is 10.1. The van der Waals surface area contributed by atoms with E-state index < -0.39 is 5.91 Å². The first-order valence-corrected chi connectivity index (χ1v) is 7.84. The predicted octanol–water partition coefficient (Wildman–Crippen LogP) is 2.05. The summed E-state index contributed by atoms with van der Waals surface area (Å²) >= 11 is 5.85. The van der Waals surface area contributed by atoms with Gasteiger partial charge in [-0.25, -0.2) is 0 Å². The number of benzene rings is 1. The van der Waals surface area contributed by atoms with Crippen molar-refractivity contribution in [3.8, 4) is 0 Å². The van der Waals surface area contributed by atoms with Crippen LogP contribution in [0.1, 0.15) is 32.5 Å². The first-order valence-electron chi connectivity index (χ1n) is 7.47. The Morgan fingerprint density at radius 3 is 2.50 bits per heavy atom. The van der Waals surface area contributed by atoms with Crippen molar-refractivity contribution < 1.29 is 14.3 Å². The fourth-order valence-corrected chi connectivity index (χ4v) is 2.66. The molecule has 0 saturated carbocycles. The summed E-state index contributed by atoms with van der Waals surface area (Å²) in [5, 5.41) is 0.588. The minimum absolute atomic E-state index is 0.0753. The van der Waals surface area contributed by atoms with Crippen molar-refractivity contribution in [1.82, 2.24) is 9.88 Å². The van der Waals surface area contributed by atoms with Gasteiger partial charge in [0.2, 0.25) is 5.91 Å². The summed E-state index contributed by atoms with van der Waals surface area (Å²) in [6, 6.07) is 10.1. The van der Waals surface area contributed by atoms with Gasteiger partial charge in [-0.3, -0.25) is 14.6 Å². The number of hydrogen-bond donors (Lipinski definition) is 1. The Kier molecular flexibility index (Phi) is 4.78. The van der Waals surface area contributed by atoms with E-state index in [4.69, 9.17) is 22.1 Å². The zero-order valence-electron chi connectivity index (χ0n) is 12.8. The van der Waals surface area contributed by atoms with Crippen LogP contribution in [0.25, 0.3) is 0 Å². The second kappa shape index (κ2) is 6.98. The summed E-state index contributed by atoms with van der Waals surface area (Å²) in [6.45, 7) is 1.32. The van der Waals surface area contributed by atoms with E-state index in [0.717, 1.165) is 0 Å². The highest BCUT2D eigenvalue weighted by Crippen LogP contribution is 2.22. The van der Waals surface area contributed by atoms with Crippen molar-refractivity contribution in [2.24, 2.45) is 5.73 Å². The Balaban J connectivity index is 1.72. The van der Waals surface area contributed by atoms with Crippen molar-refractivity contribution in [2.45, 2.75) is 6.10 Å². The zero-order valence-corrected chi connectivity index (χ0v) is 13.6. The number of carbonyl (C=O) groups is 2. The number of nitrogens with zero attached hydrogens (tertiary/aromatic N) is 2. The summed E-state index contributed by atoms with van der Waals surface area (Å²) < 4.78 is 5.71. The van der Waals surface area contributed by atoms with Crippen molar-refractivity contribution in [2.75, 3.05) is 19.7 Å². The maximum absolute atomic E-state index is 12.6. The molecule has 0 radical (unpaired) electrons. The Labute approximate surface area is 144 Å². The van der Waals surface area contributed by atoms with Gasteiger partial charge < -0.3 is 15.4 Å². The van der Waals surface area contributed by atoms with E-state index in [1.807, 2.05) is 0 Å². The van der Waals surface area contributed by atoms with Crippen molar-refractivity contribution in [3.05, 3.63) is 64.4 Å². The molecule has 1 aromatic heterocycles. The molecule has 1 saturated heterocycles. The van der Waals surface area contributed by atoms with Crippen LogP contribution in [-0.2, 0) is 4.74 Å². The maximum Gasteiger partial charge on any atom is 0.254 e. The molecule has 6 nitrogen and oxygen atoms in total. The van der Waals surface area contributed by atoms with E-state index in [2.05, 4.69) is 4.98 Å². The fourth-order valence-electron chi connectivity index (χ4n) is 2.53. The topological polar surface area (TPSA) is 85.5 Å². The van der Waals surface area contributed by atoms with Crippen LogP contribution in [0.15, 0.2) is 42.6 Å². The van der Waals surface area contributed by atoms with Gasteiger partial charge in [-0.15, -0.1) is 0 Å². The molecule has 0 bridgehead atoms. The lowest BCUT2D eigenvalue weighted by molar-refractivity contribution is -0.0247. The monoisotopic (exact) mass is 345 g/mol. The molecule has 2 N–H and O–H groups in total. The third-order valence-corrected chi connectivity index (χ3v) is 4.10. The summed E-state index contributed by atoms with van der Waals surface area (Å²) in [7, 11) is 0. The van der Waals surface area contributed by atoms with Gasteiger partial charge in [0.1, 0.15) is 6.10 Å². The largest absolute Gasteiger partial charge is 0.368 e. The number of carbonyl (C=O) groups excluding carboxylic acids is 2. The maximum atomic E-state index is 12.6. The Bertz CT molecular complexity index is 747. The van der Waals surface area contributed by atoms with Crippen LogP contribution in [0.4, 0.5) is 0 Å². The molecule has 1 aromatic carbocycles. The van der Waals surface area contributed by atoms with Crippen LogP contribution in [0.2, 0.25) is 5.02 Å². The molecule has 7 heteroatoms. The number of rotatable bonds is 3. The van der Waals surface area contributed by atoms with Gasteiger partial charge in [0.05, 0.1) is 24.4 Å². The molecule has 1 unspecified atom stereocenters. The molecule has 1 atom stereocenters. The molecule has 0 spiro atoms. The Morgan fingerprint density at radius 1 is 1.17 bits per heavy atom. The zero-order chi connectivity index (χ0) is 17.1. The van der Waals surface area contributed by atoms with Crippen LogP contribution < -0.4 is 5.73 Å². The first kappa shape index (κ1) is 16.4. The summed E-state index contributed by atoms with van der Waals surface area (Å²) in [5.41, 5.74) is 6.78. The van der Waals surface area contributed by atoms with Crippen LogP contribution in [0, 0.1) is 0 Å². The minimum Gasteiger partial charge on any atom is -0.368 e. The normalized spacial score (nSPS) is 17.5. The predicted molar refractivity (Wildman–Crippen MR) is 88.8 cm³/mol. The van der Waals surface area contributed by atoms with Crippen LogP contribution in [0.3, 0.4) is 0 Å². The van der Waals surface area contributed by atoms with E-state index in [9.17, 15) is 9.59 Å². The molecule has 3 rings (SSSR count). The quantitative estimate of drug-likeness (QED) is 0.922. The molecular formula is C17H16ClN3O3. The first-order chi connectivity index (χ1) is 11.5. The molecule has 0 aliphatic carbocycles. The van der Waals surface area contributed by atoms with Crippen molar-refractivity contribution in [3.63, 3.8) is 0 Å². The van der Waals surface area contributed by atoms with Gasteiger partial charge >= 0.3 is 0 Å². The third-order valence-electron chi connectivity index (χ3n) is 3.85. The summed E-state index contributed by atoms with van der Waals surface area (Å²) in [6.07, 6.45) is 1.08. The number of nitrogens with two attached hydrogens (primary N) is 1. The van der Waals surface area contributed by atoms with Gasteiger partial charge in [0, 0.05) is 23.3 Å². The number of halogens is 1. The molecule has 124 valence electrons. The van der Waals surface area contributed by atoms with E-state index >= 15 is 0 Å². The number of primary amides is 1. The number of pyridine rings is 1. The van der Waals surface area contributed by atoms with Gasteiger partial charge in [-0.2, -0.15) is 0 Å². The standard InChI is InChI=1S/C17H16ClN3O3/c18-13-4-1-11(2-5-13)17(23)21-7-8-24-15(10-21)14-6-3-12(9-20-14)16(19)22/h1-6,9,15H,7-8,10H2,(H2,19,22). The molecule has 1 aliphatic rings. The SMILES string of the molecule is NC(=O)c1ccc(C2CN(C(=O)c3ccc(Cl)cc3)CCO2)nc1.